The Kier molecular flexibility index (Phi) is 4.02. The maximum absolute atomic E-state index is 4.90. The SMILES string of the molecule is CC(C)c1cnc2c(c1)CCC2c1ccc2c(c1)C(C)(C(C)C)CC2. The molecule has 0 bridgehead atoms. The molecule has 2 aromatic rings. The van der Waals surface area contributed by atoms with E-state index in [0.717, 1.165) is 0 Å². The van der Waals surface area contributed by atoms with E-state index in [1.54, 1.807) is 11.1 Å². The van der Waals surface area contributed by atoms with E-state index in [4.69, 9.17) is 4.98 Å². The molecule has 1 heteroatoms. The molecule has 0 N–H and O–H groups in total. The first kappa shape index (κ1) is 16.8. The lowest BCUT2D eigenvalue weighted by molar-refractivity contribution is 0.336. The third kappa shape index (κ3) is 2.63. The zero-order valence-electron chi connectivity index (χ0n) is 16.4. The van der Waals surface area contributed by atoms with Crippen LogP contribution in [0.3, 0.4) is 0 Å². The lowest BCUT2D eigenvalue weighted by Gasteiger charge is -2.31. The fourth-order valence-corrected chi connectivity index (χ4v) is 4.82. The molecule has 1 aromatic carbocycles. The van der Waals surface area contributed by atoms with E-state index in [2.05, 4.69) is 65.1 Å². The summed E-state index contributed by atoms with van der Waals surface area (Å²) in [6.45, 7) is 11.7. The van der Waals surface area contributed by atoms with Gasteiger partial charge in [-0.1, -0.05) is 58.9 Å². The molecular formula is C24H31N. The van der Waals surface area contributed by atoms with Gasteiger partial charge in [0, 0.05) is 12.1 Å². The van der Waals surface area contributed by atoms with Gasteiger partial charge >= 0.3 is 0 Å². The van der Waals surface area contributed by atoms with Gasteiger partial charge in [-0.2, -0.15) is 0 Å². The summed E-state index contributed by atoms with van der Waals surface area (Å²) in [6.07, 6.45) is 7.02. The standard InChI is InChI=1S/C24H31N/c1-15(2)20-12-19-8-9-21(23(19)25-14-20)18-7-6-17-10-11-24(5,16(3)4)22(17)13-18/h6-7,12-16,21H,8-11H2,1-5H3. The smallest absolute Gasteiger partial charge is 0.0510 e. The minimum Gasteiger partial charge on any atom is -0.260 e. The number of benzene rings is 1. The monoisotopic (exact) mass is 333 g/mol. The van der Waals surface area contributed by atoms with Gasteiger partial charge in [-0.3, -0.25) is 4.98 Å². The molecule has 2 aliphatic rings. The Morgan fingerprint density at radius 1 is 1.04 bits per heavy atom. The third-order valence-electron chi connectivity index (χ3n) is 7.06. The molecule has 1 nitrogen and oxygen atoms in total. The number of hydrogen-bond donors (Lipinski definition) is 0. The summed E-state index contributed by atoms with van der Waals surface area (Å²) < 4.78 is 0. The highest BCUT2D eigenvalue weighted by molar-refractivity contribution is 5.47. The Morgan fingerprint density at radius 3 is 2.56 bits per heavy atom. The highest BCUT2D eigenvalue weighted by atomic mass is 14.7. The topological polar surface area (TPSA) is 12.9 Å². The lowest BCUT2D eigenvalue weighted by atomic mass is 9.74. The summed E-state index contributed by atoms with van der Waals surface area (Å²) in [4.78, 5) is 4.90. The Labute approximate surface area is 152 Å². The number of pyridine rings is 1. The van der Waals surface area contributed by atoms with Crippen molar-refractivity contribution >= 4 is 0 Å². The fourth-order valence-electron chi connectivity index (χ4n) is 4.82. The van der Waals surface area contributed by atoms with Crippen molar-refractivity contribution in [1.82, 2.24) is 4.98 Å². The first-order valence-corrected chi connectivity index (χ1v) is 10.0. The van der Waals surface area contributed by atoms with Gasteiger partial charge < -0.3 is 0 Å². The van der Waals surface area contributed by atoms with Crippen LogP contribution < -0.4 is 0 Å². The fraction of sp³-hybridized carbons (Fsp3) is 0.542. The summed E-state index contributed by atoms with van der Waals surface area (Å²) in [5.74, 6) is 1.73. The van der Waals surface area contributed by atoms with Gasteiger partial charge in [0.05, 0.1) is 5.69 Å². The quantitative estimate of drug-likeness (QED) is 0.657. The van der Waals surface area contributed by atoms with Crippen LogP contribution >= 0.6 is 0 Å². The minimum atomic E-state index is 0.335. The molecule has 4 rings (SSSR count). The van der Waals surface area contributed by atoms with Crippen LogP contribution in [0.5, 0.6) is 0 Å². The van der Waals surface area contributed by atoms with Crippen LogP contribution in [0, 0.1) is 5.92 Å². The van der Waals surface area contributed by atoms with Gasteiger partial charge in [-0.05, 0) is 70.8 Å². The largest absolute Gasteiger partial charge is 0.260 e. The molecule has 0 spiro atoms. The molecule has 2 unspecified atom stereocenters. The maximum Gasteiger partial charge on any atom is 0.0510 e. The van der Waals surface area contributed by atoms with Crippen molar-refractivity contribution in [3.63, 3.8) is 0 Å². The number of fused-ring (bicyclic) bond motifs is 2. The molecule has 0 fully saturated rings. The van der Waals surface area contributed by atoms with E-state index < -0.39 is 0 Å². The second-order valence-electron chi connectivity index (χ2n) is 9.05. The van der Waals surface area contributed by atoms with Crippen LogP contribution in [0.15, 0.2) is 30.5 Å². The summed E-state index contributed by atoms with van der Waals surface area (Å²) in [5.41, 5.74) is 9.17. The number of rotatable bonds is 3. The molecule has 132 valence electrons. The van der Waals surface area contributed by atoms with Gasteiger partial charge in [-0.15, -0.1) is 0 Å². The lowest BCUT2D eigenvalue weighted by Crippen LogP contribution is -2.25. The first-order chi connectivity index (χ1) is 11.9. The van der Waals surface area contributed by atoms with Crippen LogP contribution in [0.1, 0.15) is 92.8 Å². The highest BCUT2D eigenvalue weighted by Crippen LogP contribution is 2.46. The van der Waals surface area contributed by atoms with Crippen LogP contribution in [0.4, 0.5) is 0 Å². The molecule has 25 heavy (non-hydrogen) atoms. The predicted molar refractivity (Wildman–Crippen MR) is 105 cm³/mol. The van der Waals surface area contributed by atoms with Crippen molar-refractivity contribution in [1.29, 1.82) is 0 Å². The second kappa shape index (κ2) is 5.97. The predicted octanol–water partition coefficient (Wildman–Crippen LogP) is 6.14. The maximum atomic E-state index is 4.90. The van der Waals surface area contributed by atoms with E-state index in [1.165, 1.54) is 48.1 Å². The van der Waals surface area contributed by atoms with Crippen LogP contribution in [-0.4, -0.2) is 4.98 Å². The van der Waals surface area contributed by atoms with Crippen molar-refractivity contribution in [2.75, 3.05) is 0 Å². The molecule has 0 saturated heterocycles. The van der Waals surface area contributed by atoms with E-state index in [-0.39, 0.29) is 0 Å². The van der Waals surface area contributed by atoms with E-state index in [9.17, 15) is 0 Å². The van der Waals surface area contributed by atoms with Gasteiger partial charge in [-0.25, -0.2) is 0 Å². The molecule has 0 aliphatic heterocycles. The Morgan fingerprint density at radius 2 is 1.84 bits per heavy atom. The van der Waals surface area contributed by atoms with Crippen molar-refractivity contribution in [2.45, 2.75) is 77.6 Å². The van der Waals surface area contributed by atoms with Gasteiger partial charge in [0.15, 0.2) is 0 Å². The zero-order chi connectivity index (χ0) is 17.8. The number of hydrogen-bond acceptors (Lipinski definition) is 1. The highest BCUT2D eigenvalue weighted by Gasteiger charge is 2.38. The Bertz CT molecular complexity index is 802. The number of aromatic nitrogens is 1. The van der Waals surface area contributed by atoms with E-state index in [1.807, 2.05) is 0 Å². The van der Waals surface area contributed by atoms with Crippen LogP contribution in [0.25, 0.3) is 0 Å². The van der Waals surface area contributed by atoms with Crippen molar-refractivity contribution < 1.29 is 0 Å². The summed E-state index contributed by atoms with van der Waals surface area (Å²) >= 11 is 0. The molecule has 0 saturated carbocycles. The average Bonchev–Trinajstić information content (AvgIpc) is 3.16. The summed E-state index contributed by atoms with van der Waals surface area (Å²) in [5, 5.41) is 0. The van der Waals surface area contributed by atoms with E-state index >= 15 is 0 Å². The van der Waals surface area contributed by atoms with Gasteiger partial charge in [0.25, 0.3) is 0 Å². The van der Waals surface area contributed by atoms with Crippen molar-refractivity contribution in [3.8, 4) is 0 Å². The van der Waals surface area contributed by atoms with Crippen LogP contribution in [0.2, 0.25) is 0 Å². The molecule has 1 aromatic heterocycles. The molecule has 2 aliphatic carbocycles. The summed E-state index contributed by atoms with van der Waals surface area (Å²) in [6, 6.07) is 9.71. The second-order valence-corrected chi connectivity index (χ2v) is 9.05. The molecule has 2 atom stereocenters. The Hall–Kier alpha value is -1.63. The molecular weight excluding hydrogens is 302 g/mol. The Balaban J connectivity index is 1.72. The molecule has 0 amide bonds. The first-order valence-electron chi connectivity index (χ1n) is 10.0. The normalized spacial score (nSPS) is 24.8. The average molecular weight is 334 g/mol. The van der Waals surface area contributed by atoms with E-state index in [0.29, 0.717) is 23.2 Å². The third-order valence-corrected chi connectivity index (χ3v) is 7.06. The summed E-state index contributed by atoms with van der Waals surface area (Å²) in [7, 11) is 0. The van der Waals surface area contributed by atoms with Crippen molar-refractivity contribution in [3.05, 3.63) is 64.0 Å². The molecule has 0 radical (unpaired) electrons. The molecule has 1 heterocycles. The van der Waals surface area contributed by atoms with Gasteiger partial charge in [0.2, 0.25) is 0 Å². The van der Waals surface area contributed by atoms with Gasteiger partial charge in [0.1, 0.15) is 0 Å². The number of nitrogens with zero attached hydrogens (tertiary/aromatic N) is 1. The van der Waals surface area contributed by atoms with Crippen molar-refractivity contribution in [2.24, 2.45) is 5.92 Å². The van der Waals surface area contributed by atoms with Crippen LogP contribution in [-0.2, 0) is 18.3 Å². The number of aryl methyl sites for hydroxylation is 2. The zero-order valence-corrected chi connectivity index (χ0v) is 16.4. The minimum absolute atomic E-state index is 0.335.